The molecule has 1 aliphatic heterocycles. The van der Waals surface area contributed by atoms with Gasteiger partial charge in [0, 0.05) is 30.7 Å². The second-order valence-electron chi connectivity index (χ2n) is 4.28. The molecule has 0 saturated carbocycles. The molecule has 6 heteroatoms. The van der Waals surface area contributed by atoms with Gasteiger partial charge in [-0.15, -0.1) is 0 Å². The minimum Gasteiger partial charge on any atom is -0.344 e. The average Bonchev–Trinajstić information content (AvgIpc) is 2.61. The van der Waals surface area contributed by atoms with Crippen molar-refractivity contribution in [1.29, 1.82) is 0 Å². The van der Waals surface area contributed by atoms with Gasteiger partial charge in [-0.3, -0.25) is 4.79 Å². The Bertz CT molecular complexity index is 461. The van der Waals surface area contributed by atoms with Crippen molar-refractivity contribution >= 4 is 29.2 Å². The molecule has 0 radical (unpaired) electrons. The van der Waals surface area contributed by atoms with Gasteiger partial charge in [-0.1, -0.05) is 11.6 Å². The van der Waals surface area contributed by atoms with E-state index in [0.29, 0.717) is 23.7 Å². The number of urea groups is 1. The summed E-state index contributed by atoms with van der Waals surface area (Å²) in [6, 6.07) is 6.38. The number of carbonyl (C=O) groups is 2. The first-order chi connectivity index (χ1) is 8.54. The monoisotopic (exact) mass is 267 g/mol. The highest BCUT2D eigenvalue weighted by Crippen LogP contribution is 2.13. The molecule has 2 N–H and O–H groups in total. The number of likely N-dealkylation sites (N-methyl/N-ethyl adjacent to an activating group) is 1. The number of halogens is 1. The minimum atomic E-state index is -0.314. The van der Waals surface area contributed by atoms with E-state index in [1.807, 2.05) is 0 Å². The Kier molecular flexibility index (Phi) is 3.72. The topological polar surface area (TPSA) is 61.4 Å². The van der Waals surface area contributed by atoms with E-state index in [0.717, 1.165) is 0 Å². The highest BCUT2D eigenvalue weighted by atomic mass is 35.5. The molecule has 0 bridgehead atoms. The molecule has 1 heterocycles. The van der Waals surface area contributed by atoms with E-state index in [4.69, 9.17) is 11.6 Å². The predicted molar refractivity (Wildman–Crippen MR) is 69.6 cm³/mol. The lowest BCUT2D eigenvalue weighted by molar-refractivity contribution is -0.126. The van der Waals surface area contributed by atoms with Crippen LogP contribution >= 0.6 is 11.6 Å². The average molecular weight is 268 g/mol. The van der Waals surface area contributed by atoms with Gasteiger partial charge in [0.2, 0.25) is 5.91 Å². The first-order valence-electron chi connectivity index (χ1n) is 5.61. The summed E-state index contributed by atoms with van der Waals surface area (Å²) >= 11 is 5.75. The van der Waals surface area contributed by atoms with E-state index in [-0.39, 0.29) is 18.0 Å². The molecule has 1 saturated heterocycles. The van der Waals surface area contributed by atoms with Crippen molar-refractivity contribution in [3.05, 3.63) is 29.3 Å². The number of rotatable bonds is 2. The lowest BCUT2D eigenvalue weighted by Crippen LogP contribution is -2.39. The Hall–Kier alpha value is -1.75. The zero-order valence-corrected chi connectivity index (χ0v) is 10.7. The second kappa shape index (κ2) is 5.27. The van der Waals surface area contributed by atoms with Crippen LogP contribution in [0.3, 0.4) is 0 Å². The Labute approximate surface area is 110 Å². The van der Waals surface area contributed by atoms with Crippen LogP contribution in [-0.2, 0) is 4.79 Å². The number of benzene rings is 1. The second-order valence-corrected chi connectivity index (χ2v) is 4.72. The third-order valence-electron chi connectivity index (χ3n) is 2.78. The number of likely N-dealkylation sites (tertiary alicyclic amines) is 1. The quantitative estimate of drug-likeness (QED) is 0.857. The van der Waals surface area contributed by atoms with Gasteiger partial charge in [0.1, 0.15) is 0 Å². The van der Waals surface area contributed by atoms with Crippen LogP contribution in [-0.4, -0.2) is 36.5 Å². The van der Waals surface area contributed by atoms with Crippen LogP contribution in [0.5, 0.6) is 0 Å². The maximum atomic E-state index is 11.7. The lowest BCUT2D eigenvalue weighted by Gasteiger charge is -2.13. The number of nitrogens with zero attached hydrogens (tertiary/aromatic N) is 1. The molecule has 0 aromatic heterocycles. The largest absolute Gasteiger partial charge is 0.344 e. The number of hydrogen-bond acceptors (Lipinski definition) is 2. The fourth-order valence-corrected chi connectivity index (χ4v) is 1.97. The maximum Gasteiger partial charge on any atom is 0.319 e. The van der Waals surface area contributed by atoms with Crippen molar-refractivity contribution in [2.24, 2.45) is 0 Å². The molecule has 0 spiro atoms. The van der Waals surface area contributed by atoms with Gasteiger partial charge in [0.15, 0.2) is 0 Å². The van der Waals surface area contributed by atoms with E-state index >= 15 is 0 Å². The van der Waals surface area contributed by atoms with E-state index < -0.39 is 0 Å². The molecule has 1 atom stereocenters. The summed E-state index contributed by atoms with van der Waals surface area (Å²) in [7, 11) is 1.72. The van der Waals surface area contributed by atoms with Gasteiger partial charge < -0.3 is 15.5 Å². The van der Waals surface area contributed by atoms with Crippen LogP contribution in [0.15, 0.2) is 24.3 Å². The summed E-state index contributed by atoms with van der Waals surface area (Å²) in [4.78, 5) is 24.6. The van der Waals surface area contributed by atoms with Crippen LogP contribution in [0.2, 0.25) is 5.02 Å². The molecular formula is C12H14ClN3O2. The first kappa shape index (κ1) is 12.7. The van der Waals surface area contributed by atoms with Gasteiger partial charge >= 0.3 is 6.03 Å². The predicted octanol–water partition coefficient (Wildman–Crippen LogP) is 1.69. The van der Waals surface area contributed by atoms with Gasteiger partial charge in [-0.25, -0.2) is 4.79 Å². The Morgan fingerprint density at radius 1 is 1.39 bits per heavy atom. The molecule has 18 heavy (non-hydrogen) atoms. The normalized spacial score (nSPS) is 18.9. The SMILES string of the molecule is CN1CC(NC(=O)Nc2ccc(Cl)cc2)CC1=O. The molecule has 96 valence electrons. The maximum absolute atomic E-state index is 11.7. The minimum absolute atomic E-state index is 0.0480. The molecule has 1 fully saturated rings. The summed E-state index contributed by atoms with van der Waals surface area (Å²) in [5.74, 6) is 0.0480. The summed E-state index contributed by atoms with van der Waals surface area (Å²) in [6.45, 7) is 0.548. The smallest absolute Gasteiger partial charge is 0.319 e. The lowest BCUT2D eigenvalue weighted by atomic mass is 10.2. The standard InChI is InChI=1S/C12H14ClN3O2/c1-16-7-10(6-11(16)17)15-12(18)14-9-4-2-8(13)3-5-9/h2-5,10H,6-7H2,1H3,(H2,14,15,18). The van der Waals surface area contributed by atoms with Crippen molar-refractivity contribution in [1.82, 2.24) is 10.2 Å². The highest BCUT2D eigenvalue weighted by molar-refractivity contribution is 6.30. The molecule has 1 aliphatic rings. The van der Waals surface area contributed by atoms with Crippen molar-refractivity contribution < 1.29 is 9.59 Å². The summed E-state index contributed by atoms with van der Waals surface area (Å²) in [5, 5.41) is 6.06. The molecule has 0 aliphatic carbocycles. The van der Waals surface area contributed by atoms with Crippen molar-refractivity contribution in [3.8, 4) is 0 Å². The van der Waals surface area contributed by atoms with E-state index in [2.05, 4.69) is 10.6 Å². The molecule has 2 rings (SSSR count). The van der Waals surface area contributed by atoms with Gasteiger partial charge in [-0.05, 0) is 24.3 Å². The van der Waals surface area contributed by atoms with E-state index in [9.17, 15) is 9.59 Å². The van der Waals surface area contributed by atoms with Crippen molar-refractivity contribution in [2.45, 2.75) is 12.5 Å². The molecule has 1 aromatic carbocycles. The van der Waals surface area contributed by atoms with Gasteiger partial charge in [0.25, 0.3) is 0 Å². The Morgan fingerprint density at radius 3 is 2.61 bits per heavy atom. The Morgan fingerprint density at radius 2 is 2.06 bits per heavy atom. The van der Waals surface area contributed by atoms with Crippen LogP contribution in [0, 0.1) is 0 Å². The van der Waals surface area contributed by atoms with E-state index in [1.54, 1.807) is 36.2 Å². The summed E-state index contributed by atoms with van der Waals surface area (Å²) < 4.78 is 0. The third-order valence-corrected chi connectivity index (χ3v) is 3.03. The number of hydrogen-bond donors (Lipinski definition) is 2. The van der Waals surface area contributed by atoms with E-state index in [1.165, 1.54) is 0 Å². The zero-order valence-electron chi connectivity index (χ0n) is 9.94. The van der Waals surface area contributed by atoms with Crippen molar-refractivity contribution in [2.75, 3.05) is 18.9 Å². The van der Waals surface area contributed by atoms with Crippen molar-refractivity contribution in [3.63, 3.8) is 0 Å². The molecule has 5 nitrogen and oxygen atoms in total. The number of carbonyl (C=O) groups excluding carboxylic acids is 2. The zero-order chi connectivity index (χ0) is 13.1. The van der Waals surface area contributed by atoms with Crippen LogP contribution in [0.4, 0.5) is 10.5 Å². The van der Waals surface area contributed by atoms with Crippen LogP contribution < -0.4 is 10.6 Å². The molecular weight excluding hydrogens is 254 g/mol. The molecule has 1 unspecified atom stereocenters. The number of anilines is 1. The fraction of sp³-hybridized carbons (Fsp3) is 0.333. The third kappa shape index (κ3) is 3.13. The van der Waals surface area contributed by atoms with Gasteiger partial charge in [0.05, 0.1) is 6.04 Å². The molecule has 3 amide bonds. The van der Waals surface area contributed by atoms with Gasteiger partial charge in [-0.2, -0.15) is 0 Å². The summed E-state index contributed by atoms with van der Waals surface area (Å²) in [5.41, 5.74) is 0.662. The Balaban J connectivity index is 1.86. The van der Waals surface area contributed by atoms with Crippen LogP contribution in [0.1, 0.15) is 6.42 Å². The van der Waals surface area contributed by atoms with Crippen LogP contribution in [0.25, 0.3) is 0 Å². The summed E-state index contributed by atoms with van der Waals surface area (Å²) in [6.07, 6.45) is 0.352. The number of nitrogens with one attached hydrogen (secondary N) is 2. The first-order valence-corrected chi connectivity index (χ1v) is 5.99. The fourth-order valence-electron chi connectivity index (χ4n) is 1.85. The molecule has 1 aromatic rings. The highest BCUT2D eigenvalue weighted by Gasteiger charge is 2.27. The number of amides is 3.